The van der Waals surface area contributed by atoms with Crippen LogP contribution >= 0.6 is 11.6 Å². The summed E-state index contributed by atoms with van der Waals surface area (Å²) >= 11 is 6.24. The molecule has 0 N–H and O–H groups in total. The molecule has 2 atom stereocenters. The number of methoxy groups -OCH3 is 1. The summed E-state index contributed by atoms with van der Waals surface area (Å²) in [5.74, 6) is 1.80. The number of aromatic nitrogens is 2. The largest absolute Gasteiger partial charge is 0.497 e. The van der Waals surface area contributed by atoms with E-state index in [-0.39, 0.29) is 22.9 Å². The molecule has 7 heteroatoms. The van der Waals surface area contributed by atoms with Crippen LogP contribution < -0.4 is 4.74 Å². The lowest BCUT2D eigenvalue weighted by atomic mass is 10.2. The van der Waals surface area contributed by atoms with Gasteiger partial charge in [-0.25, -0.2) is 13.4 Å². The zero-order valence-corrected chi connectivity index (χ0v) is 13.5. The second kappa shape index (κ2) is 5.18. The fraction of sp³-hybridized carbons (Fsp3) is 0.500. The molecule has 5 nitrogen and oxygen atoms in total. The number of sulfone groups is 1. The van der Waals surface area contributed by atoms with Crippen LogP contribution in [0.4, 0.5) is 0 Å². The Morgan fingerprint density at radius 1 is 1.48 bits per heavy atom. The third kappa shape index (κ3) is 2.62. The van der Waals surface area contributed by atoms with Gasteiger partial charge in [0.25, 0.3) is 0 Å². The van der Waals surface area contributed by atoms with Gasteiger partial charge in [-0.15, -0.1) is 11.6 Å². The lowest BCUT2D eigenvalue weighted by Crippen LogP contribution is -2.14. The first-order chi connectivity index (χ1) is 9.91. The molecular weight excluding hydrogens is 312 g/mol. The summed E-state index contributed by atoms with van der Waals surface area (Å²) in [6.07, 6.45) is 0.599. The van der Waals surface area contributed by atoms with Crippen LogP contribution in [-0.2, 0) is 9.84 Å². The molecule has 0 radical (unpaired) electrons. The minimum atomic E-state index is -2.97. The highest BCUT2D eigenvalue weighted by atomic mass is 35.5. The number of hydrogen-bond acceptors (Lipinski definition) is 4. The van der Waals surface area contributed by atoms with Gasteiger partial charge >= 0.3 is 0 Å². The van der Waals surface area contributed by atoms with Gasteiger partial charge in [-0.1, -0.05) is 0 Å². The van der Waals surface area contributed by atoms with Gasteiger partial charge in [-0.2, -0.15) is 0 Å². The average molecular weight is 329 g/mol. The molecule has 0 bridgehead atoms. The number of imidazole rings is 1. The summed E-state index contributed by atoms with van der Waals surface area (Å²) in [5.41, 5.74) is 1.68. The third-order valence-electron chi connectivity index (χ3n) is 3.85. The quantitative estimate of drug-likeness (QED) is 0.813. The molecule has 21 heavy (non-hydrogen) atoms. The van der Waals surface area contributed by atoms with Crippen LogP contribution in [0, 0.1) is 0 Å². The zero-order valence-electron chi connectivity index (χ0n) is 11.9. The predicted octanol–water partition coefficient (Wildman–Crippen LogP) is 2.70. The first-order valence-corrected chi connectivity index (χ1v) is 9.07. The summed E-state index contributed by atoms with van der Waals surface area (Å²) < 4.78 is 30.8. The van der Waals surface area contributed by atoms with Crippen molar-refractivity contribution < 1.29 is 13.2 Å². The minimum absolute atomic E-state index is 0.108. The molecule has 2 unspecified atom stereocenters. The van der Waals surface area contributed by atoms with E-state index in [1.807, 2.05) is 29.7 Å². The van der Waals surface area contributed by atoms with E-state index in [9.17, 15) is 8.42 Å². The van der Waals surface area contributed by atoms with Gasteiger partial charge in [0.1, 0.15) is 11.6 Å². The van der Waals surface area contributed by atoms with Crippen LogP contribution in [-0.4, -0.2) is 36.6 Å². The van der Waals surface area contributed by atoms with Crippen molar-refractivity contribution in [2.24, 2.45) is 0 Å². The van der Waals surface area contributed by atoms with Gasteiger partial charge in [0, 0.05) is 6.07 Å². The number of alkyl halides is 1. The molecule has 114 valence electrons. The molecule has 0 saturated carbocycles. The Balaban J connectivity index is 2.20. The SMILES string of the molecule is COc1ccc2nc(C(C)Cl)n(C3CCS(=O)(=O)C3)c2c1. The van der Waals surface area contributed by atoms with Crippen LogP contribution in [0.1, 0.15) is 30.6 Å². The maximum absolute atomic E-state index is 11.8. The Hall–Kier alpha value is -1.27. The molecule has 2 heterocycles. The van der Waals surface area contributed by atoms with E-state index in [1.165, 1.54) is 0 Å². The summed E-state index contributed by atoms with van der Waals surface area (Å²) in [4.78, 5) is 4.56. The standard InChI is InChI=1S/C14H17ClN2O3S/c1-9(15)14-16-12-4-3-11(20-2)7-13(12)17(14)10-5-6-21(18,19)8-10/h3-4,7,9-10H,5-6,8H2,1-2H3. The molecule has 1 saturated heterocycles. The normalized spacial score (nSPS) is 22.5. The van der Waals surface area contributed by atoms with Gasteiger partial charge in [-0.05, 0) is 25.5 Å². The number of benzene rings is 1. The maximum Gasteiger partial charge on any atom is 0.152 e. The number of halogens is 1. The van der Waals surface area contributed by atoms with Crippen molar-refractivity contribution in [2.75, 3.05) is 18.6 Å². The van der Waals surface area contributed by atoms with Crippen molar-refractivity contribution in [3.8, 4) is 5.75 Å². The topological polar surface area (TPSA) is 61.2 Å². The predicted molar refractivity (Wildman–Crippen MR) is 82.9 cm³/mol. The highest BCUT2D eigenvalue weighted by Gasteiger charge is 2.32. The number of nitrogens with zero attached hydrogens (tertiary/aromatic N) is 2. The van der Waals surface area contributed by atoms with Gasteiger partial charge < -0.3 is 9.30 Å². The summed E-state index contributed by atoms with van der Waals surface area (Å²) in [5, 5.41) is -0.285. The van der Waals surface area contributed by atoms with E-state index in [0.717, 1.165) is 16.8 Å². The summed E-state index contributed by atoms with van der Waals surface area (Å²) in [7, 11) is -1.37. The molecule has 1 aliphatic heterocycles. The monoisotopic (exact) mass is 328 g/mol. The van der Waals surface area contributed by atoms with Crippen molar-refractivity contribution in [1.29, 1.82) is 0 Å². The Morgan fingerprint density at radius 2 is 2.24 bits per heavy atom. The highest BCUT2D eigenvalue weighted by Crippen LogP contribution is 2.34. The fourth-order valence-electron chi connectivity index (χ4n) is 2.86. The van der Waals surface area contributed by atoms with Crippen LogP contribution in [0.25, 0.3) is 11.0 Å². The van der Waals surface area contributed by atoms with Gasteiger partial charge in [0.05, 0.1) is 41.1 Å². The molecule has 1 aliphatic rings. The van der Waals surface area contributed by atoms with Crippen LogP contribution in [0.2, 0.25) is 0 Å². The van der Waals surface area contributed by atoms with Crippen molar-refractivity contribution in [3.63, 3.8) is 0 Å². The molecule has 2 aromatic rings. The van der Waals surface area contributed by atoms with Gasteiger partial charge in [0.15, 0.2) is 9.84 Å². The van der Waals surface area contributed by atoms with Crippen molar-refractivity contribution in [3.05, 3.63) is 24.0 Å². The van der Waals surface area contributed by atoms with E-state index in [0.29, 0.717) is 12.2 Å². The molecular formula is C14H17ClN2O3S. The van der Waals surface area contributed by atoms with Crippen molar-refractivity contribution in [1.82, 2.24) is 9.55 Å². The smallest absolute Gasteiger partial charge is 0.152 e. The number of fused-ring (bicyclic) bond motifs is 1. The first kappa shape index (κ1) is 14.7. The van der Waals surface area contributed by atoms with Gasteiger partial charge in [-0.3, -0.25) is 0 Å². The van der Waals surface area contributed by atoms with E-state index in [4.69, 9.17) is 16.3 Å². The number of hydrogen-bond donors (Lipinski definition) is 0. The Labute approximate surface area is 128 Å². The molecule has 0 spiro atoms. The van der Waals surface area contributed by atoms with Crippen molar-refractivity contribution in [2.45, 2.75) is 24.8 Å². The van der Waals surface area contributed by atoms with Crippen LogP contribution in [0.15, 0.2) is 18.2 Å². The molecule has 1 aromatic heterocycles. The van der Waals surface area contributed by atoms with Crippen molar-refractivity contribution >= 4 is 32.5 Å². The second-order valence-electron chi connectivity index (χ2n) is 5.37. The second-order valence-corrected chi connectivity index (χ2v) is 8.25. The summed E-state index contributed by atoms with van der Waals surface area (Å²) in [6, 6.07) is 5.49. The Kier molecular flexibility index (Phi) is 3.61. The summed E-state index contributed by atoms with van der Waals surface area (Å²) in [6.45, 7) is 1.85. The highest BCUT2D eigenvalue weighted by molar-refractivity contribution is 7.91. The molecule has 1 fully saturated rings. The molecule has 1 aromatic carbocycles. The lowest BCUT2D eigenvalue weighted by molar-refractivity contribution is 0.415. The molecule has 0 aliphatic carbocycles. The van der Waals surface area contributed by atoms with E-state index in [2.05, 4.69) is 4.98 Å². The number of rotatable bonds is 3. The first-order valence-electron chi connectivity index (χ1n) is 6.81. The Bertz CT molecular complexity index is 783. The van der Waals surface area contributed by atoms with E-state index in [1.54, 1.807) is 7.11 Å². The zero-order chi connectivity index (χ0) is 15.2. The molecule has 3 rings (SSSR count). The lowest BCUT2D eigenvalue weighted by Gasteiger charge is -2.16. The van der Waals surface area contributed by atoms with Crippen LogP contribution in [0.5, 0.6) is 5.75 Å². The van der Waals surface area contributed by atoms with E-state index < -0.39 is 9.84 Å². The minimum Gasteiger partial charge on any atom is -0.497 e. The van der Waals surface area contributed by atoms with Crippen LogP contribution in [0.3, 0.4) is 0 Å². The maximum atomic E-state index is 11.8. The third-order valence-corrected chi connectivity index (χ3v) is 5.80. The van der Waals surface area contributed by atoms with Gasteiger partial charge in [0.2, 0.25) is 0 Å². The molecule has 0 amide bonds. The fourth-order valence-corrected chi connectivity index (χ4v) is 4.72. The average Bonchev–Trinajstić information content (AvgIpc) is 2.97. The van der Waals surface area contributed by atoms with E-state index >= 15 is 0 Å². The number of ether oxygens (including phenoxy) is 1. The Morgan fingerprint density at radius 3 is 2.81 bits per heavy atom.